The highest BCUT2D eigenvalue weighted by molar-refractivity contribution is 6.11. The van der Waals surface area contributed by atoms with Gasteiger partial charge in [-0.2, -0.15) is 0 Å². The number of nitrogens with zero attached hydrogens (tertiary/aromatic N) is 2. The molecule has 0 N–H and O–H groups in total. The number of benzene rings is 10. The zero-order valence-electron chi connectivity index (χ0n) is 36.1. The number of fused-ring (bicyclic) bond motifs is 14. The van der Waals surface area contributed by atoms with Crippen molar-refractivity contribution in [3.63, 3.8) is 0 Å². The number of para-hydroxylation sites is 3. The van der Waals surface area contributed by atoms with Crippen molar-refractivity contribution in [3.05, 3.63) is 252 Å². The number of rotatable bonds is 4. The second kappa shape index (κ2) is 13.2. The summed E-state index contributed by atoms with van der Waals surface area (Å²) in [5, 5.41) is 4.95. The molecule has 2 aliphatic carbocycles. The lowest BCUT2D eigenvalue weighted by Gasteiger charge is -2.45. The van der Waals surface area contributed by atoms with Crippen LogP contribution < -0.4 is 9.64 Å². The van der Waals surface area contributed by atoms with Crippen molar-refractivity contribution < 1.29 is 4.74 Å². The monoisotopic (exact) mass is 830 g/mol. The van der Waals surface area contributed by atoms with E-state index in [0.717, 1.165) is 45.4 Å². The quantitative estimate of drug-likeness (QED) is 0.176. The minimum atomic E-state index is -0.662. The van der Waals surface area contributed by atoms with Gasteiger partial charge in [-0.3, -0.25) is 0 Å². The Morgan fingerprint density at radius 3 is 1.83 bits per heavy atom. The fraction of sp³-hybridized carbons (Fsp3) is 0.0645. The number of aromatic nitrogens is 1. The number of ether oxygens (including phenoxy) is 1. The minimum absolute atomic E-state index is 0.109. The van der Waals surface area contributed by atoms with Crippen LogP contribution in [0.1, 0.15) is 47.2 Å². The summed E-state index contributed by atoms with van der Waals surface area (Å²) in [4.78, 5) is 2.47. The molecule has 1 unspecified atom stereocenters. The molecule has 0 saturated carbocycles. The maximum absolute atomic E-state index is 7.00. The Hall–Kier alpha value is -8.14. The summed E-state index contributed by atoms with van der Waals surface area (Å²) in [6.07, 6.45) is 0. The zero-order valence-corrected chi connectivity index (χ0v) is 36.1. The van der Waals surface area contributed by atoms with E-state index in [0.29, 0.717) is 0 Å². The normalized spacial score (nSPS) is 15.8. The first kappa shape index (κ1) is 36.4. The third-order valence-corrected chi connectivity index (χ3v) is 14.8. The molecule has 3 heteroatoms. The van der Waals surface area contributed by atoms with E-state index in [1.54, 1.807) is 0 Å². The van der Waals surface area contributed by atoms with Gasteiger partial charge in [-0.05, 0) is 128 Å². The highest BCUT2D eigenvalue weighted by Gasteiger charge is 2.49. The van der Waals surface area contributed by atoms with Gasteiger partial charge in [0.2, 0.25) is 0 Å². The Morgan fingerprint density at radius 2 is 0.969 bits per heavy atom. The molecular weight excluding hydrogens is 789 g/mol. The molecule has 0 fully saturated rings. The molecule has 65 heavy (non-hydrogen) atoms. The molecule has 1 spiro atoms. The smallest absolute Gasteiger partial charge is 0.132 e. The molecule has 306 valence electrons. The Morgan fingerprint density at radius 1 is 0.385 bits per heavy atom. The average Bonchev–Trinajstić information content (AvgIpc) is 3.81. The molecule has 0 amide bonds. The van der Waals surface area contributed by atoms with E-state index in [2.05, 4.69) is 242 Å². The van der Waals surface area contributed by atoms with Gasteiger partial charge in [0.15, 0.2) is 0 Å². The van der Waals surface area contributed by atoms with Gasteiger partial charge >= 0.3 is 0 Å². The third-order valence-electron chi connectivity index (χ3n) is 14.8. The predicted molar refractivity (Wildman–Crippen MR) is 268 cm³/mol. The van der Waals surface area contributed by atoms with Gasteiger partial charge in [0.25, 0.3) is 0 Å². The Kier molecular flexibility index (Phi) is 7.38. The van der Waals surface area contributed by atoms with E-state index < -0.39 is 5.41 Å². The molecule has 0 bridgehead atoms. The number of hydrogen-bond acceptors (Lipinski definition) is 2. The summed E-state index contributed by atoms with van der Waals surface area (Å²) in [7, 11) is 0. The standard InChI is InChI=1S/C62H42N2O/c1-61(2)50-24-9-6-21-45(50)48-36-41(30-33-51(48)61)63(42-31-34-57-49(37-42)46-22-8-12-28-56(46)64(57)40-18-4-3-5-19-40)43-32-35-59-55(38-43)62(53-26-11-13-29-58(53)65-59)52-25-10-7-20-44(52)47-23-14-16-39-17-15-27-54(62)60(39)47/h3-38H,1-2H3. The number of hydrogen-bond donors (Lipinski definition) is 0. The van der Waals surface area contributed by atoms with Crippen LogP contribution in [0.2, 0.25) is 0 Å². The van der Waals surface area contributed by atoms with E-state index >= 15 is 0 Å². The molecule has 10 aromatic carbocycles. The SMILES string of the molecule is CC1(C)c2ccccc2-c2cc(N(c3ccc4c(c3)C3(c5ccccc5O4)c4ccccc4-c4cccc5cccc3c45)c3ccc4c(c3)c3ccccc3n4-c3ccccc3)ccc21. The lowest BCUT2D eigenvalue weighted by Crippen LogP contribution is -2.36. The molecule has 1 aliphatic heterocycles. The molecule has 3 aliphatic rings. The van der Waals surface area contributed by atoms with Crippen molar-refractivity contribution in [2.24, 2.45) is 0 Å². The topological polar surface area (TPSA) is 17.4 Å². The summed E-state index contributed by atoms with van der Waals surface area (Å²) in [6.45, 7) is 4.71. The van der Waals surface area contributed by atoms with Gasteiger partial charge < -0.3 is 14.2 Å². The Bertz CT molecular complexity index is 3800. The Balaban J connectivity index is 1.07. The first-order valence-corrected chi connectivity index (χ1v) is 22.7. The van der Waals surface area contributed by atoms with Crippen molar-refractivity contribution in [1.82, 2.24) is 4.57 Å². The highest BCUT2D eigenvalue weighted by atomic mass is 16.5. The van der Waals surface area contributed by atoms with E-state index in [1.165, 1.54) is 77.1 Å². The highest BCUT2D eigenvalue weighted by Crippen LogP contribution is 2.62. The van der Waals surface area contributed by atoms with Crippen molar-refractivity contribution >= 4 is 49.6 Å². The van der Waals surface area contributed by atoms with Gasteiger partial charge in [0.05, 0.1) is 16.4 Å². The average molecular weight is 831 g/mol. The fourth-order valence-electron chi connectivity index (χ4n) is 12.1. The van der Waals surface area contributed by atoms with Crippen LogP contribution in [-0.4, -0.2) is 4.57 Å². The van der Waals surface area contributed by atoms with Crippen LogP contribution in [0.4, 0.5) is 17.1 Å². The van der Waals surface area contributed by atoms with Crippen LogP contribution in [0.5, 0.6) is 11.5 Å². The van der Waals surface area contributed by atoms with Gasteiger partial charge in [0.1, 0.15) is 11.5 Å². The molecule has 11 aromatic rings. The maximum atomic E-state index is 7.00. The van der Waals surface area contributed by atoms with Gasteiger partial charge in [-0.1, -0.05) is 159 Å². The molecule has 3 nitrogen and oxygen atoms in total. The van der Waals surface area contributed by atoms with Crippen LogP contribution >= 0.6 is 0 Å². The van der Waals surface area contributed by atoms with Gasteiger partial charge in [-0.15, -0.1) is 0 Å². The summed E-state index contributed by atoms with van der Waals surface area (Å²) >= 11 is 0. The summed E-state index contributed by atoms with van der Waals surface area (Å²) in [5.74, 6) is 1.75. The second-order valence-electron chi connectivity index (χ2n) is 18.4. The van der Waals surface area contributed by atoms with E-state index in [9.17, 15) is 0 Å². The van der Waals surface area contributed by atoms with Crippen molar-refractivity contribution in [3.8, 4) is 39.4 Å². The largest absolute Gasteiger partial charge is 0.457 e. The van der Waals surface area contributed by atoms with Crippen molar-refractivity contribution in [1.29, 1.82) is 0 Å². The second-order valence-corrected chi connectivity index (χ2v) is 18.4. The molecular formula is C62H42N2O. The van der Waals surface area contributed by atoms with Crippen molar-refractivity contribution in [2.75, 3.05) is 4.90 Å². The minimum Gasteiger partial charge on any atom is -0.457 e. The first-order chi connectivity index (χ1) is 32.0. The van der Waals surface area contributed by atoms with Crippen molar-refractivity contribution in [2.45, 2.75) is 24.7 Å². The van der Waals surface area contributed by atoms with Crippen LogP contribution in [0.3, 0.4) is 0 Å². The molecule has 1 atom stereocenters. The van der Waals surface area contributed by atoms with E-state index in [4.69, 9.17) is 4.74 Å². The summed E-state index contributed by atoms with van der Waals surface area (Å²) in [6, 6.07) is 80.8. The van der Waals surface area contributed by atoms with E-state index in [1.807, 2.05) is 0 Å². The third kappa shape index (κ3) is 4.85. The molecule has 14 rings (SSSR count). The fourth-order valence-corrected chi connectivity index (χ4v) is 12.1. The van der Waals surface area contributed by atoms with Crippen LogP contribution in [0.15, 0.2) is 218 Å². The molecule has 2 heterocycles. The predicted octanol–water partition coefficient (Wildman–Crippen LogP) is 16.2. The van der Waals surface area contributed by atoms with Crippen LogP contribution in [0.25, 0.3) is 60.5 Å². The first-order valence-electron chi connectivity index (χ1n) is 22.7. The van der Waals surface area contributed by atoms with Crippen LogP contribution in [-0.2, 0) is 10.8 Å². The lowest BCUT2D eigenvalue weighted by atomic mass is 9.58. The molecule has 1 aromatic heterocycles. The summed E-state index contributed by atoms with van der Waals surface area (Å²) in [5.41, 5.74) is 18.6. The zero-order chi connectivity index (χ0) is 43.0. The van der Waals surface area contributed by atoms with Gasteiger partial charge in [0, 0.05) is 50.1 Å². The Labute approximate surface area is 378 Å². The maximum Gasteiger partial charge on any atom is 0.132 e. The van der Waals surface area contributed by atoms with Crippen LogP contribution in [0, 0.1) is 0 Å². The molecule has 0 radical (unpaired) electrons. The van der Waals surface area contributed by atoms with E-state index in [-0.39, 0.29) is 5.41 Å². The number of anilines is 3. The van der Waals surface area contributed by atoms with Gasteiger partial charge in [-0.25, -0.2) is 0 Å². The summed E-state index contributed by atoms with van der Waals surface area (Å²) < 4.78 is 9.39. The lowest BCUT2D eigenvalue weighted by molar-refractivity contribution is 0.435. The molecule has 0 saturated heterocycles.